The van der Waals surface area contributed by atoms with Crippen molar-refractivity contribution >= 4 is 27.3 Å². The van der Waals surface area contributed by atoms with Gasteiger partial charge in [0.15, 0.2) is 0 Å². The highest BCUT2D eigenvalue weighted by Crippen LogP contribution is 2.21. The maximum Gasteiger partial charge on any atom is 0.0672 e. The molecule has 0 aliphatic rings. The minimum absolute atomic E-state index is 0.119. The molecule has 0 N–H and O–H groups in total. The first kappa shape index (κ1) is 13.7. The normalized spacial score (nSPS) is 13.1. The summed E-state index contributed by atoms with van der Waals surface area (Å²) < 4.78 is 1.14. The summed E-state index contributed by atoms with van der Waals surface area (Å²) in [5.74, 6) is 0.538. The van der Waals surface area contributed by atoms with Gasteiger partial charge in [0.05, 0.1) is 12.0 Å². The molecule has 0 radical (unpaired) electrons. The van der Waals surface area contributed by atoms with Crippen LogP contribution in [-0.4, -0.2) is 18.5 Å². The van der Waals surface area contributed by atoms with Crippen molar-refractivity contribution in [1.82, 2.24) is 4.90 Å². The Labute approximate surface area is 110 Å². The summed E-state index contributed by atoms with van der Waals surface area (Å²) in [5, 5.41) is 11.1. The van der Waals surface area contributed by atoms with Crippen molar-refractivity contribution in [3.8, 4) is 6.07 Å². The van der Waals surface area contributed by atoms with Crippen molar-refractivity contribution in [2.24, 2.45) is 11.8 Å². The van der Waals surface area contributed by atoms with E-state index in [0.717, 1.165) is 17.6 Å². The first-order chi connectivity index (χ1) is 7.52. The molecular weight excluding hydrogens is 284 g/mol. The molecule has 0 aliphatic carbocycles. The van der Waals surface area contributed by atoms with Crippen LogP contribution in [0.2, 0.25) is 0 Å². The summed E-state index contributed by atoms with van der Waals surface area (Å²) in [7, 11) is 2.07. The van der Waals surface area contributed by atoms with E-state index >= 15 is 0 Å². The van der Waals surface area contributed by atoms with Crippen molar-refractivity contribution in [1.29, 1.82) is 5.26 Å². The summed E-state index contributed by atoms with van der Waals surface area (Å²) >= 11 is 5.20. The van der Waals surface area contributed by atoms with E-state index < -0.39 is 0 Å². The summed E-state index contributed by atoms with van der Waals surface area (Å²) in [4.78, 5) is 3.54. The zero-order valence-electron chi connectivity index (χ0n) is 9.90. The van der Waals surface area contributed by atoms with Gasteiger partial charge in [-0.05, 0) is 35.0 Å². The van der Waals surface area contributed by atoms with Gasteiger partial charge >= 0.3 is 0 Å². The molecule has 88 valence electrons. The second-order valence-corrected chi connectivity index (χ2v) is 6.32. The number of hydrogen-bond donors (Lipinski definition) is 0. The zero-order valence-corrected chi connectivity index (χ0v) is 12.3. The van der Waals surface area contributed by atoms with Crippen molar-refractivity contribution in [2.45, 2.75) is 20.4 Å². The third kappa shape index (κ3) is 4.25. The predicted molar refractivity (Wildman–Crippen MR) is 72.3 cm³/mol. The second kappa shape index (κ2) is 6.39. The lowest BCUT2D eigenvalue weighted by molar-refractivity contribution is 0.267. The van der Waals surface area contributed by atoms with E-state index in [9.17, 15) is 0 Å². The molecule has 1 aromatic heterocycles. The number of nitriles is 1. The van der Waals surface area contributed by atoms with Gasteiger partial charge in [0, 0.05) is 27.8 Å². The fraction of sp³-hybridized carbons (Fsp3) is 0.583. The average molecular weight is 301 g/mol. The molecule has 0 aliphatic heterocycles. The van der Waals surface area contributed by atoms with Crippen molar-refractivity contribution in [3.05, 3.63) is 20.8 Å². The molecule has 1 atom stereocenters. The topological polar surface area (TPSA) is 27.0 Å². The molecule has 1 heterocycles. The van der Waals surface area contributed by atoms with Crippen LogP contribution in [0.3, 0.4) is 0 Å². The lowest BCUT2D eigenvalue weighted by atomic mass is 9.97. The van der Waals surface area contributed by atoms with Gasteiger partial charge in [-0.3, -0.25) is 4.90 Å². The molecule has 1 rings (SSSR count). The fourth-order valence-electron chi connectivity index (χ4n) is 1.50. The van der Waals surface area contributed by atoms with E-state index in [0.29, 0.717) is 5.92 Å². The monoisotopic (exact) mass is 300 g/mol. The second-order valence-electron chi connectivity index (χ2n) is 4.41. The van der Waals surface area contributed by atoms with Gasteiger partial charge in [0.1, 0.15) is 0 Å². The summed E-state index contributed by atoms with van der Waals surface area (Å²) in [6.07, 6.45) is 0. The van der Waals surface area contributed by atoms with E-state index in [1.54, 1.807) is 11.3 Å². The SMILES string of the molecule is CC(C)C(C#N)CN(C)Cc1cc(Br)cs1. The van der Waals surface area contributed by atoms with Crippen LogP contribution in [0.5, 0.6) is 0 Å². The molecular formula is C12H17BrN2S. The Hall–Kier alpha value is -0.370. The Morgan fingerprint density at radius 3 is 2.69 bits per heavy atom. The number of hydrogen-bond acceptors (Lipinski definition) is 3. The smallest absolute Gasteiger partial charge is 0.0672 e. The van der Waals surface area contributed by atoms with Gasteiger partial charge in [-0.25, -0.2) is 0 Å². The molecule has 1 aromatic rings. The summed E-state index contributed by atoms with van der Waals surface area (Å²) in [5.41, 5.74) is 0. The lowest BCUT2D eigenvalue weighted by Gasteiger charge is -2.21. The Morgan fingerprint density at radius 1 is 1.56 bits per heavy atom. The van der Waals surface area contributed by atoms with Crippen LogP contribution in [-0.2, 0) is 6.54 Å². The Balaban J connectivity index is 2.47. The van der Waals surface area contributed by atoms with Crippen LogP contribution >= 0.6 is 27.3 Å². The van der Waals surface area contributed by atoms with Gasteiger partial charge in [-0.2, -0.15) is 5.26 Å². The zero-order chi connectivity index (χ0) is 12.1. The molecule has 0 aromatic carbocycles. The van der Waals surface area contributed by atoms with Crippen molar-refractivity contribution in [3.63, 3.8) is 0 Å². The first-order valence-electron chi connectivity index (χ1n) is 5.34. The third-order valence-corrected chi connectivity index (χ3v) is 4.21. The predicted octanol–water partition coefficient (Wildman–Crippen LogP) is 3.74. The standard InChI is InChI=1S/C12H17BrN2S/c1-9(2)10(5-14)6-15(3)7-12-4-11(13)8-16-12/h4,8-10H,6-7H2,1-3H3. The molecule has 0 saturated carbocycles. The summed E-state index contributed by atoms with van der Waals surface area (Å²) in [6, 6.07) is 4.51. The summed E-state index contributed by atoms with van der Waals surface area (Å²) in [6.45, 7) is 5.96. The highest BCUT2D eigenvalue weighted by molar-refractivity contribution is 9.10. The molecule has 0 fully saturated rings. The number of nitrogens with zero attached hydrogens (tertiary/aromatic N) is 2. The van der Waals surface area contributed by atoms with Gasteiger partial charge in [0.2, 0.25) is 0 Å². The Bertz CT molecular complexity index is 367. The maximum absolute atomic E-state index is 9.03. The van der Waals surface area contributed by atoms with Crippen LogP contribution in [0, 0.1) is 23.2 Å². The van der Waals surface area contributed by atoms with Gasteiger partial charge in [-0.15, -0.1) is 11.3 Å². The van der Waals surface area contributed by atoms with Crippen LogP contribution in [0.25, 0.3) is 0 Å². The Kier molecular flexibility index (Phi) is 5.47. The highest BCUT2D eigenvalue weighted by Gasteiger charge is 2.15. The van der Waals surface area contributed by atoms with Crippen LogP contribution < -0.4 is 0 Å². The minimum atomic E-state index is 0.119. The fourth-order valence-corrected chi connectivity index (χ4v) is 3.03. The Morgan fingerprint density at radius 2 is 2.25 bits per heavy atom. The average Bonchev–Trinajstić information content (AvgIpc) is 2.60. The molecule has 0 saturated heterocycles. The van der Waals surface area contributed by atoms with Gasteiger partial charge < -0.3 is 0 Å². The van der Waals surface area contributed by atoms with Gasteiger partial charge in [-0.1, -0.05) is 13.8 Å². The lowest BCUT2D eigenvalue weighted by Crippen LogP contribution is -2.27. The number of halogens is 1. The quantitative estimate of drug-likeness (QED) is 0.828. The molecule has 2 nitrogen and oxygen atoms in total. The van der Waals surface area contributed by atoms with Crippen molar-refractivity contribution in [2.75, 3.05) is 13.6 Å². The van der Waals surface area contributed by atoms with Gasteiger partial charge in [0.25, 0.3) is 0 Å². The number of rotatable bonds is 5. The molecule has 1 unspecified atom stereocenters. The third-order valence-electron chi connectivity index (χ3n) is 2.53. The van der Waals surface area contributed by atoms with E-state index in [1.165, 1.54) is 4.88 Å². The van der Waals surface area contributed by atoms with E-state index in [4.69, 9.17) is 5.26 Å². The van der Waals surface area contributed by atoms with E-state index in [-0.39, 0.29) is 5.92 Å². The largest absolute Gasteiger partial charge is 0.300 e. The highest BCUT2D eigenvalue weighted by atomic mass is 79.9. The van der Waals surface area contributed by atoms with E-state index in [2.05, 4.69) is 59.2 Å². The molecule has 16 heavy (non-hydrogen) atoms. The van der Waals surface area contributed by atoms with Crippen LogP contribution in [0.1, 0.15) is 18.7 Å². The van der Waals surface area contributed by atoms with Crippen molar-refractivity contribution < 1.29 is 0 Å². The molecule has 0 amide bonds. The van der Waals surface area contributed by atoms with Crippen LogP contribution in [0.4, 0.5) is 0 Å². The minimum Gasteiger partial charge on any atom is -0.300 e. The molecule has 4 heteroatoms. The first-order valence-corrected chi connectivity index (χ1v) is 7.01. The maximum atomic E-state index is 9.03. The number of thiophene rings is 1. The van der Waals surface area contributed by atoms with Crippen LogP contribution in [0.15, 0.2) is 15.9 Å². The molecule has 0 spiro atoms. The molecule has 0 bridgehead atoms. The van der Waals surface area contributed by atoms with E-state index in [1.807, 2.05) is 0 Å².